The predicted octanol–water partition coefficient (Wildman–Crippen LogP) is 1.79. The van der Waals surface area contributed by atoms with Crippen molar-refractivity contribution in [2.75, 3.05) is 7.11 Å². The van der Waals surface area contributed by atoms with Gasteiger partial charge < -0.3 is 10.5 Å². The highest BCUT2D eigenvalue weighted by molar-refractivity contribution is 5.14. The van der Waals surface area contributed by atoms with Crippen molar-refractivity contribution in [1.29, 1.82) is 0 Å². The molecule has 0 bridgehead atoms. The Balaban J connectivity index is 2.64. The van der Waals surface area contributed by atoms with E-state index >= 15 is 0 Å². The van der Waals surface area contributed by atoms with E-state index < -0.39 is 0 Å². The first kappa shape index (κ1) is 12.9. The van der Waals surface area contributed by atoms with Crippen molar-refractivity contribution < 1.29 is 4.74 Å². The molecule has 0 spiro atoms. The van der Waals surface area contributed by atoms with Gasteiger partial charge in [0.1, 0.15) is 6.33 Å². The fourth-order valence-corrected chi connectivity index (χ4v) is 1.90. The Morgan fingerprint density at radius 3 is 2.56 bits per heavy atom. The van der Waals surface area contributed by atoms with Crippen molar-refractivity contribution in [3.05, 3.63) is 18.1 Å². The third kappa shape index (κ3) is 3.45. The van der Waals surface area contributed by atoms with E-state index in [0.717, 1.165) is 25.0 Å². The molecular formula is C12H21N3O. The first-order valence-corrected chi connectivity index (χ1v) is 5.81. The Bertz CT molecular complexity index is 313. The van der Waals surface area contributed by atoms with Crippen molar-refractivity contribution in [1.82, 2.24) is 9.97 Å². The predicted molar refractivity (Wildman–Crippen MR) is 64.3 cm³/mol. The van der Waals surface area contributed by atoms with E-state index in [1.54, 1.807) is 7.11 Å². The minimum Gasteiger partial charge on any atom is -0.481 e. The zero-order chi connectivity index (χ0) is 12.0. The van der Waals surface area contributed by atoms with Gasteiger partial charge in [-0.2, -0.15) is 0 Å². The zero-order valence-corrected chi connectivity index (χ0v) is 10.3. The average Bonchev–Trinajstić information content (AvgIpc) is 2.31. The summed E-state index contributed by atoms with van der Waals surface area (Å²) < 4.78 is 5.06. The van der Waals surface area contributed by atoms with Gasteiger partial charge in [0, 0.05) is 24.2 Å². The number of aromatic nitrogens is 2. The Labute approximate surface area is 97.2 Å². The summed E-state index contributed by atoms with van der Waals surface area (Å²) in [6, 6.07) is 2.01. The zero-order valence-electron chi connectivity index (χ0n) is 10.3. The van der Waals surface area contributed by atoms with E-state index in [4.69, 9.17) is 10.5 Å². The molecule has 1 rings (SSSR count). The summed E-state index contributed by atoms with van der Waals surface area (Å²) in [5, 5.41) is 0. The third-order valence-electron chi connectivity index (χ3n) is 3.01. The van der Waals surface area contributed by atoms with Crippen LogP contribution in [0.25, 0.3) is 0 Å². The molecule has 0 aliphatic rings. The second-order valence-corrected chi connectivity index (χ2v) is 4.00. The Hall–Kier alpha value is -1.16. The van der Waals surface area contributed by atoms with Gasteiger partial charge in [0.15, 0.2) is 0 Å². The summed E-state index contributed by atoms with van der Waals surface area (Å²) in [5.74, 6) is 1.16. The van der Waals surface area contributed by atoms with Crippen molar-refractivity contribution in [2.24, 2.45) is 11.7 Å². The van der Waals surface area contributed by atoms with Gasteiger partial charge in [0.25, 0.3) is 0 Å². The SMILES string of the molecule is CCC(CC)C(N)Cc1cc(OC)ncn1. The minimum absolute atomic E-state index is 0.162. The van der Waals surface area contributed by atoms with Crippen LogP contribution in [0.4, 0.5) is 0 Å². The van der Waals surface area contributed by atoms with E-state index in [-0.39, 0.29) is 6.04 Å². The molecule has 0 amide bonds. The lowest BCUT2D eigenvalue weighted by atomic mass is 9.91. The lowest BCUT2D eigenvalue weighted by Crippen LogP contribution is -2.31. The maximum Gasteiger partial charge on any atom is 0.216 e. The maximum absolute atomic E-state index is 6.16. The van der Waals surface area contributed by atoms with Crippen molar-refractivity contribution in [3.63, 3.8) is 0 Å². The Morgan fingerprint density at radius 2 is 2.00 bits per heavy atom. The van der Waals surface area contributed by atoms with Crippen LogP contribution in [-0.4, -0.2) is 23.1 Å². The van der Waals surface area contributed by atoms with Crippen LogP contribution in [0.15, 0.2) is 12.4 Å². The number of rotatable bonds is 6. The van der Waals surface area contributed by atoms with Gasteiger partial charge in [-0.15, -0.1) is 0 Å². The largest absolute Gasteiger partial charge is 0.481 e. The highest BCUT2D eigenvalue weighted by Crippen LogP contribution is 2.16. The lowest BCUT2D eigenvalue weighted by molar-refractivity contribution is 0.384. The van der Waals surface area contributed by atoms with E-state index in [1.165, 1.54) is 6.33 Å². The number of nitrogens with two attached hydrogens (primary N) is 1. The summed E-state index contributed by atoms with van der Waals surface area (Å²) in [7, 11) is 1.60. The first-order chi connectivity index (χ1) is 7.71. The van der Waals surface area contributed by atoms with Crippen LogP contribution in [0.5, 0.6) is 5.88 Å². The molecule has 0 saturated heterocycles. The van der Waals surface area contributed by atoms with Crippen molar-refractivity contribution in [3.8, 4) is 5.88 Å². The Morgan fingerprint density at radius 1 is 1.31 bits per heavy atom. The van der Waals surface area contributed by atoms with Crippen LogP contribution in [0.3, 0.4) is 0 Å². The van der Waals surface area contributed by atoms with E-state index in [0.29, 0.717) is 11.8 Å². The molecule has 2 N–H and O–H groups in total. The molecule has 0 saturated carbocycles. The first-order valence-electron chi connectivity index (χ1n) is 5.81. The van der Waals surface area contributed by atoms with Crippen LogP contribution in [0, 0.1) is 5.92 Å². The van der Waals surface area contributed by atoms with Crippen molar-refractivity contribution >= 4 is 0 Å². The molecule has 0 aromatic carbocycles. The maximum atomic E-state index is 6.16. The monoisotopic (exact) mass is 223 g/mol. The highest BCUT2D eigenvalue weighted by atomic mass is 16.5. The second-order valence-electron chi connectivity index (χ2n) is 4.00. The molecule has 0 fully saturated rings. The van der Waals surface area contributed by atoms with E-state index in [1.807, 2.05) is 6.07 Å². The fraction of sp³-hybridized carbons (Fsp3) is 0.667. The van der Waals surface area contributed by atoms with Gasteiger partial charge in [-0.25, -0.2) is 9.97 Å². The van der Waals surface area contributed by atoms with Crippen LogP contribution in [0.2, 0.25) is 0 Å². The Kier molecular flexibility index (Phi) is 5.19. The van der Waals surface area contributed by atoms with Crippen LogP contribution < -0.4 is 10.5 Å². The summed E-state index contributed by atoms with van der Waals surface area (Å²) in [6.07, 6.45) is 4.53. The summed E-state index contributed by atoms with van der Waals surface area (Å²) >= 11 is 0. The molecule has 0 aliphatic heterocycles. The van der Waals surface area contributed by atoms with Gasteiger partial charge >= 0.3 is 0 Å². The molecule has 90 valence electrons. The van der Waals surface area contributed by atoms with Gasteiger partial charge in [-0.1, -0.05) is 26.7 Å². The lowest BCUT2D eigenvalue weighted by Gasteiger charge is -2.20. The molecule has 1 aromatic heterocycles. The molecule has 1 heterocycles. The highest BCUT2D eigenvalue weighted by Gasteiger charge is 2.15. The number of methoxy groups -OCH3 is 1. The average molecular weight is 223 g/mol. The smallest absolute Gasteiger partial charge is 0.216 e. The fourth-order valence-electron chi connectivity index (χ4n) is 1.90. The second kappa shape index (κ2) is 6.43. The molecule has 0 radical (unpaired) electrons. The number of hydrogen-bond acceptors (Lipinski definition) is 4. The molecular weight excluding hydrogens is 202 g/mol. The summed E-state index contributed by atoms with van der Waals surface area (Å²) in [4.78, 5) is 8.18. The van der Waals surface area contributed by atoms with Gasteiger partial charge in [0.05, 0.1) is 7.11 Å². The van der Waals surface area contributed by atoms with Crippen LogP contribution >= 0.6 is 0 Å². The molecule has 0 aliphatic carbocycles. The van der Waals surface area contributed by atoms with Gasteiger partial charge in [-0.3, -0.25) is 0 Å². The quantitative estimate of drug-likeness (QED) is 0.798. The van der Waals surface area contributed by atoms with E-state index in [2.05, 4.69) is 23.8 Å². The van der Waals surface area contributed by atoms with Crippen LogP contribution in [0.1, 0.15) is 32.4 Å². The molecule has 16 heavy (non-hydrogen) atoms. The van der Waals surface area contributed by atoms with Gasteiger partial charge in [-0.05, 0) is 5.92 Å². The van der Waals surface area contributed by atoms with Crippen molar-refractivity contribution in [2.45, 2.75) is 39.2 Å². The minimum atomic E-state index is 0.162. The number of ether oxygens (including phenoxy) is 1. The molecule has 1 atom stereocenters. The number of hydrogen-bond donors (Lipinski definition) is 1. The number of nitrogens with zero attached hydrogens (tertiary/aromatic N) is 2. The summed E-state index contributed by atoms with van der Waals surface area (Å²) in [6.45, 7) is 4.35. The normalized spacial score (nSPS) is 12.8. The topological polar surface area (TPSA) is 61.0 Å². The molecule has 4 heteroatoms. The molecule has 1 unspecified atom stereocenters. The standard InChI is InChI=1S/C12H21N3O/c1-4-9(5-2)11(13)6-10-7-12(16-3)15-8-14-10/h7-9,11H,4-6,13H2,1-3H3. The van der Waals surface area contributed by atoms with Gasteiger partial charge in [0.2, 0.25) is 5.88 Å². The summed E-state index contributed by atoms with van der Waals surface area (Å²) in [5.41, 5.74) is 7.11. The molecule has 4 nitrogen and oxygen atoms in total. The third-order valence-corrected chi connectivity index (χ3v) is 3.01. The van der Waals surface area contributed by atoms with Crippen LogP contribution in [-0.2, 0) is 6.42 Å². The van der Waals surface area contributed by atoms with E-state index in [9.17, 15) is 0 Å². The molecule has 1 aromatic rings.